The molecule has 3 aromatic rings. The van der Waals surface area contributed by atoms with E-state index in [9.17, 15) is 4.79 Å². The van der Waals surface area contributed by atoms with Gasteiger partial charge in [-0.15, -0.1) is 11.8 Å². The van der Waals surface area contributed by atoms with E-state index in [1.165, 1.54) is 5.56 Å². The number of carbonyl (C=O) groups is 1. The van der Waals surface area contributed by atoms with Gasteiger partial charge in [0, 0.05) is 21.2 Å². The van der Waals surface area contributed by atoms with Gasteiger partial charge >= 0.3 is 0 Å². The zero-order valence-corrected chi connectivity index (χ0v) is 14.5. The number of amides is 1. The van der Waals surface area contributed by atoms with Crippen LogP contribution in [-0.2, 0) is 5.75 Å². The average molecular weight is 354 g/mol. The quantitative estimate of drug-likeness (QED) is 0.580. The van der Waals surface area contributed by atoms with Crippen molar-refractivity contribution in [1.29, 1.82) is 0 Å². The minimum absolute atomic E-state index is 0.102. The SMILES string of the molecule is O=C(Nc1ccccc1SCc1ccc(Cl)cc1)c1ccccc1. The van der Waals surface area contributed by atoms with Gasteiger partial charge in [0.05, 0.1) is 5.69 Å². The van der Waals surface area contributed by atoms with Gasteiger partial charge in [-0.2, -0.15) is 0 Å². The molecule has 0 aliphatic heterocycles. The van der Waals surface area contributed by atoms with E-state index in [1.54, 1.807) is 23.9 Å². The first-order valence-corrected chi connectivity index (χ1v) is 8.91. The van der Waals surface area contributed by atoms with Crippen LogP contribution in [0.4, 0.5) is 5.69 Å². The second-order valence-corrected chi connectivity index (χ2v) is 6.69. The number of hydrogen-bond donors (Lipinski definition) is 1. The lowest BCUT2D eigenvalue weighted by molar-refractivity contribution is 0.102. The van der Waals surface area contributed by atoms with Gasteiger partial charge in [-0.05, 0) is 42.0 Å². The number of thioether (sulfide) groups is 1. The first-order valence-electron chi connectivity index (χ1n) is 7.55. The maximum absolute atomic E-state index is 12.3. The van der Waals surface area contributed by atoms with Crippen molar-refractivity contribution in [2.24, 2.45) is 0 Å². The summed E-state index contributed by atoms with van der Waals surface area (Å²) in [5, 5.41) is 3.73. The van der Waals surface area contributed by atoms with Crippen LogP contribution in [0, 0.1) is 0 Å². The van der Waals surface area contributed by atoms with Crippen LogP contribution >= 0.6 is 23.4 Å². The zero-order chi connectivity index (χ0) is 16.8. The molecule has 0 spiro atoms. The van der Waals surface area contributed by atoms with Crippen molar-refractivity contribution >= 4 is 35.0 Å². The number of rotatable bonds is 5. The molecule has 2 nitrogen and oxygen atoms in total. The summed E-state index contributed by atoms with van der Waals surface area (Å²) in [6.07, 6.45) is 0. The molecule has 24 heavy (non-hydrogen) atoms. The predicted octanol–water partition coefficient (Wildman–Crippen LogP) is 5.88. The third kappa shape index (κ3) is 4.40. The molecule has 0 saturated heterocycles. The lowest BCUT2D eigenvalue weighted by Gasteiger charge is -2.11. The van der Waals surface area contributed by atoms with Gasteiger partial charge in [-0.25, -0.2) is 0 Å². The summed E-state index contributed by atoms with van der Waals surface area (Å²) in [5.74, 6) is 0.713. The third-order valence-electron chi connectivity index (χ3n) is 3.48. The second-order valence-electron chi connectivity index (χ2n) is 5.23. The Labute approximate surface area is 150 Å². The van der Waals surface area contributed by atoms with E-state index in [-0.39, 0.29) is 5.91 Å². The van der Waals surface area contributed by atoms with Gasteiger partial charge in [0.15, 0.2) is 0 Å². The number of halogens is 1. The highest BCUT2D eigenvalue weighted by Gasteiger charge is 2.09. The van der Waals surface area contributed by atoms with Gasteiger partial charge in [-0.1, -0.05) is 54.1 Å². The van der Waals surface area contributed by atoms with Crippen LogP contribution in [0.3, 0.4) is 0 Å². The monoisotopic (exact) mass is 353 g/mol. The molecule has 0 radical (unpaired) electrons. The molecule has 1 N–H and O–H groups in total. The molecule has 0 aromatic heterocycles. The fourth-order valence-corrected chi connectivity index (χ4v) is 3.31. The van der Waals surface area contributed by atoms with Gasteiger partial charge in [-0.3, -0.25) is 4.79 Å². The lowest BCUT2D eigenvalue weighted by Crippen LogP contribution is -2.12. The Bertz CT molecular complexity index is 819. The fourth-order valence-electron chi connectivity index (χ4n) is 2.22. The van der Waals surface area contributed by atoms with Gasteiger partial charge in [0.1, 0.15) is 0 Å². The Hall–Kier alpha value is -2.23. The Kier molecular flexibility index (Phi) is 5.57. The zero-order valence-electron chi connectivity index (χ0n) is 12.9. The summed E-state index contributed by atoms with van der Waals surface area (Å²) in [7, 11) is 0. The molecule has 0 fully saturated rings. The molecule has 0 aliphatic carbocycles. The van der Waals surface area contributed by atoms with E-state index in [2.05, 4.69) is 5.32 Å². The highest BCUT2D eigenvalue weighted by molar-refractivity contribution is 7.98. The van der Waals surface area contributed by atoms with Gasteiger partial charge in [0.25, 0.3) is 5.91 Å². The highest BCUT2D eigenvalue weighted by Crippen LogP contribution is 2.30. The molecule has 0 saturated carbocycles. The number of hydrogen-bond acceptors (Lipinski definition) is 2. The minimum atomic E-state index is -0.102. The number of anilines is 1. The molecule has 1 amide bonds. The van der Waals surface area contributed by atoms with E-state index in [4.69, 9.17) is 11.6 Å². The Morgan fingerprint density at radius 2 is 1.54 bits per heavy atom. The van der Waals surface area contributed by atoms with Crippen LogP contribution in [0.2, 0.25) is 5.02 Å². The number of benzene rings is 3. The molecular weight excluding hydrogens is 338 g/mol. The Morgan fingerprint density at radius 3 is 2.29 bits per heavy atom. The lowest BCUT2D eigenvalue weighted by atomic mass is 10.2. The normalized spacial score (nSPS) is 10.4. The van der Waals surface area contributed by atoms with Crippen LogP contribution in [0.5, 0.6) is 0 Å². The van der Waals surface area contributed by atoms with Crippen LogP contribution in [0.25, 0.3) is 0 Å². The molecule has 0 aliphatic rings. The predicted molar refractivity (Wildman–Crippen MR) is 102 cm³/mol. The fraction of sp³-hybridized carbons (Fsp3) is 0.0500. The molecule has 0 heterocycles. The summed E-state index contributed by atoms with van der Waals surface area (Å²) < 4.78 is 0. The number of carbonyl (C=O) groups excluding carboxylic acids is 1. The van der Waals surface area contributed by atoms with Crippen LogP contribution in [0.15, 0.2) is 83.8 Å². The van der Waals surface area contributed by atoms with Crippen LogP contribution in [-0.4, -0.2) is 5.91 Å². The smallest absolute Gasteiger partial charge is 0.255 e. The van der Waals surface area contributed by atoms with E-state index in [0.717, 1.165) is 21.4 Å². The first-order chi connectivity index (χ1) is 11.7. The third-order valence-corrected chi connectivity index (χ3v) is 4.88. The van der Waals surface area contributed by atoms with Crippen molar-refractivity contribution in [2.75, 3.05) is 5.32 Å². The average Bonchev–Trinajstić information content (AvgIpc) is 2.63. The summed E-state index contributed by atoms with van der Waals surface area (Å²) in [5.41, 5.74) is 2.66. The summed E-state index contributed by atoms with van der Waals surface area (Å²) in [6.45, 7) is 0. The van der Waals surface area contributed by atoms with E-state index in [0.29, 0.717) is 5.56 Å². The standard InChI is InChI=1S/C20H16ClNOS/c21-17-12-10-15(11-13-17)14-24-19-9-5-4-8-18(19)22-20(23)16-6-2-1-3-7-16/h1-13H,14H2,(H,22,23). The van der Waals surface area contributed by atoms with Crippen molar-refractivity contribution < 1.29 is 4.79 Å². The molecule has 0 bridgehead atoms. The van der Waals surface area contributed by atoms with Crippen molar-refractivity contribution in [3.63, 3.8) is 0 Å². The minimum Gasteiger partial charge on any atom is -0.321 e. The second kappa shape index (κ2) is 8.04. The van der Waals surface area contributed by atoms with Crippen molar-refractivity contribution in [1.82, 2.24) is 0 Å². The summed E-state index contributed by atoms with van der Waals surface area (Å²) >= 11 is 7.60. The molecule has 120 valence electrons. The largest absolute Gasteiger partial charge is 0.321 e. The topological polar surface area (TPSA) is 29.1 Å². The van der Waals surface area contributed by atoms with E-state index < -0.39 is 0 Å². The molecule has 3 aromatic carbocycles. The van der Waals surface area contributed by atoms with E-state index in [1.807, 2.05) is 66.7 Å². The maximum atomic E-state index is 12.3. The van der Waals surface area contributed by atoms with Crippen molar-refractivity contribution in [3.8, 4) is 0 Å². The van der Waals surface area contributed by atoms with Gasteiger partial charge < -0.3 is 5.32 Å². The summed E-state index contributed by atoms with van der Waals surface area (Å²) in [6, 6.07) is 24.9. The van der Waals surface area contributed by atoms with Crippen LogP contribution in [0.1, 0.15) is 15.9 Å². The maximum Gasteiger partial charge on any atom is 0.255 e. The van der Waals surface area contributed by atoms with Crippen LogP contribution < -0.4 is 5.32 Å². The molecule has 0 atom stereocenters. The highest BCUT2D eigenvalue weighted by atomic mass is 35.5. The molecule has 0 unspecified atom stereocenters. The van der Waals surface area contributed by atoms with Crippen molar-refractivity contribution in [3.05, 3.63) is 95.0 Å². The molecular formula is C20H16ClNOS. The van der Waals surface area contributed by atoms with E-state index >= 15 is 0 Å². The first kappa shape index (κ1) is 16.6. The summed E-state index contributed by atoms with van der Waals surface area (Å²) in [4.78, 5) is 13.4. The molecule has 4 heteroatoms. The Morgan fingerprint density at radius 1 is 0.875 bits per heavy atom. The number of para-hydroxylation sites is 1. The van der Waals surface area contributed by atoms with Gasteiger partial charge in [0.2, 0.25) is 0 Å². The Balaban J connectivity index is 1.71. The van der Waals surface area contributed by atoms with Crippen molar-refractivity contribution in [2.45, 2.75) is 10.6 Å². The molecule has 3 rings (SSSR count). The number of nitrogens with one attached hydrogen (secondary N) is 1.